The number of aromatic nitrogens is 3. The molecule has 1 aromatic carbocycles. The molecule has 0 saturated carbocycles. The molecule has 2 amide bonds. The van der Waals surface area contributed by atoms with E-state index >= 15 is 0 Å². The van der Waals surface area contributed by atoms with E-state index in [1.54, 1.807) is 11.8 Å². The van der Waals surface area contributed by atoms with Gasteiger partial charge >= 0.3 is 6.03 Å². The molecule has 0 unspecified atom stereocenters. The Kier molecular flexibility index (Phi) is 4.98. The van der Waals surface area contributed by atoms with Gasteiger partial charge in [0.05, 0.1) is 7.11 Å². The Bertz CT molecular complexity index is 634. The van der Waals surface area contributed by atoms with Crippen molar-refractivity contribution in [3.8, 4) is 5.75 Å². The van der Waals surface area contributed by atoms with Gasteiger partial charge in [-0.2, -0.15) is 4.98 Å². The zero-order valence-corrected chi connectivity index (χ0v) is 13.3. The molecule has 1 aromatic heterocycles. The van der Waals surface area contributed by atoms with Crippen LogP contribution in [0.25, 0.3) is 0 Å². The summed E-state index contributed by atoms with van der Waals surface area (Å²) in [6.45, 7) is 6.29. The van der Waals surface area contributed by atoms with Crippen molar-refractivity contribution < 1.29 is 9.53 Å². The van der Waals surface area contributed by atoms with Crippen molar-refractivity contribution in [1.82, 2.24) is 20.1 Å². The molecule has 0 aliphatic carbocycles. The van der Waals surface area contributed by atoms with Crippen molar-refractivity contribution in [2.24, 2.45) is 0 Å². The Hall–Kier alpha value is -2.57. The van der Waals surface area contributed by atoms with Gasteiger partial charge in [-0.25, -0.2) is 9.48 Å². The quantitative estimate of drug-likeness (QED) is 0.889. The van der Waals surface area contributed by atoms with Crippen LogP contribution in [-0.2, 0) is 6.54 Å². The molecule has 0 aliphatic heterocycles. The summed E-state index contributed by atoms with van der Waals surface area (Å²) in [5.74, 6) is 1.85. The first-order valence-electron chi connectivity index (χ1n) is 7.10. The fourth-order valence-corrected chi connectivity index (χ4v) is 2.01. The normalized spacial score (nSPS) is 10.6. The Morgan fingerprint density at radius 2 is 2.00 bits per heavy atom. The molecule has 0 aliphatic rings. The molecule has 0 spiro atoms. The Morgan fingerprint density at radius 3 is 2.55 bits per heavy atom. The number of carbonyl (C=O) groups excluding carboxylic acids is 1. The molecule has 2 N–H and O–H groups in total. The average molecular weight is 303 g/mol. The van der Waals surface area contributed by atoms with Crippen LogP contribution in [-0.4, -0.2) is 27.9 Å². The van der Waals surface area contributed by atoms with Crippen LogP contribution < -0.4 is 15.4 Å². The summed E-state index contributed by atoms with van der Waals surface area (Å²) in [6.07, 6.45) is 0. The first-order valence-corrected chi connectivity index (χ1v) is 7.10. The molecule has 0 fully saturated rings. The molecule has 7 heteroatoms. The Morgan fingerprint density at radius 1 is 1.32 bits per heavy atom. The number of nitrogens with one attached hydrogen (secondary N) is 2. The highest BCUT2D eigenvalue weighted by Crippen LogP contribution is 2.11. The van der Waals surface area contributed by atoms with Crippen molar-refractivity contribution in [2.75, 3.05) is 12.4 Å². The first-order chi connectivity index (χ1) is 10.5. The van der Waals surface area contributed by atoms with Crippen LogP contribution in [0.4, 0.5) is 10.7 Å². The maximum atomic E-state index is 11.9. The number of aryl methyl sites for hydroxylation is 1. The van der Waals surface area contributed by atoms with Crippen LogP contribution in [0.3, 0.4) is 0 Å². The maximum Gasteiger partial charge on any atom is 0.321 e. The van der Waals surface area contributed by atoms with Gasteiger partial charge in [-0.15, -0.1) is 5.10 Å². The van der Waals surface area contributed by atoms with Gasteiger partial charge in [0, 0.05) is 12.6 Å². The molecule has 0 atom stereocenters. The highest BCUT2D eigenvalue weighted by atomic mass is 16.5. The van der Waals surface area contributed by atoms with Gasteiger partial charge in [0.25, 0.3) is 0 Å². The lowest BCUT2D eigenvalue weighted by atomic mass is 10.2. The lowest BCUT2D eigenvalue weighted by Crippen LogP contribution is -2.28. The molecule has 0 radical (unpaired) electrons. The number of benzene rings is 1. The minimum Gasteiger partial charge on any atom is -0.497 e. The van der Waals surface area contributed by atoms with Gasteiger partial charge in [-0.1, -0.05) is 12.1 Å². The topological polar surface area (TPSA) is 81.1 Å². The summed E-state index contributed by atoms with van der Waals surface area (Å²) < 4.78 is 6.85. The minimum absolute atomic E-state index is 0.199. The number of rotatable bonds is 5. The molecule has 118 valence electrons. The predicted octanol–water partition coefficient (Wildman–Crippen LogP) is 2.50. The lowest BCUT2D eigenvalue weighted by Gasteiger charge is -2.06. The van der Waals surface area contributed by atoms with Crippen molar-refractivity contribution in [2.45, 2.75) is 33.4 Å². The third-order valence-corrected chi connectivity index (χ3v) is 3.13. The maximum absolute atomic E-state index is 11.9. The highest BCUT2D eigenvalue weighted by Gasteiger charge is 2.11. The number of nitrogens with zero attached hydrogens (tertiary/aromatic N) is 3. The van der Waals surface area contributed by atoms with E-state index in [4.69, 9.17) is 4.74 Å². The predicted molar refractivity (Wildman–Crippen MR) is 84.0 cm³/mol. The number of carbonyl (C=O) groups is 1. The molecule has 2 rings (SSSR count). The van der Waals surface area contributed by atoms with Gasteiger partial charge in [-0.3, -0.25) is 5.32 Å². The number of urea groups is 1. The van der Waals surface area contributed by atoms with Gasteiger partial charge in [0.15, 0.2) is 0 Å². The van der Waals surface area contributed by atoms with E-state index in [1.807, 2.05) is 45.0 Å². The summed E-state index contributed by atoms with van der Waals surface area (Å²) in [7, 11) is 1.62. The van der Waals surface area contributed by atoms with Crippen LogP contribution in [0.5, 0.6) is 5.75 Å². The Balaban J connectivity index is 1.88. The zero-order valence-electron chi connectivity index (χ0n) is 13.3. The minimum atomic E-state index is -0.336. The molecule has 2 aromatic rings. The van der Waals surface area contributed by atoms with Crippen LogP contribution in [0.1, 0.15) is 31.3 Å². The Labute approximate surface area is 129 Å². The van der Waals surface area contributed by atoms with Crippen LogP contribution in [0.2, 0.25) is 0 Å². The number of ether oxygens (including phenoxy) is 1. The zero-order chi connectivity index (χ0) is 16.1. The molecule has 7 nitrogen and oxygen atoms in total. The van der Waals surface area contributed by atoms with Crippen LogP contribution in [0.15, 0.2) is 24.3 Å². The van der Waals surface area contributed by atoms with Crippen molar-refractivity contribution in [3.05, 3.63) is 35.7 Å². The molecule has 22 heavy (non-hydrogen) atoms. The van der Waals surface area contributed by atoms with Gasteiger partial charge < -0.3 is 10.1 Å². The third kappa shape index (κ3) is 3.97. The lowest BCUT2D eigenvalue weighted by molar-refractivity contribution is 0.251. The summed E-state index contributed by atoms with van der Waals surface area (Å²) >= 11 is 0. The van der Waals surface area contributed by atoms with Crippen molar-refractivity contribution in [1.29, 1.82) is 0 Å². The average Bonchev–Trinajstić information content (AvgIpc) is 2.86. The molecule has 0 bridgehead atoms. The van der Waals surface area contributed by atoms with E-state index in [0.717, 1.165) is 17.1 Å². The smallest absolute Gasteiger partial charge is 0.321 e. The van der Waals surface area contributed by atoms with E-state index in [0.29, 0.717) is 12.5 Å². The van der Waals surface area contributed by atoms with Crippen LogP contribution in [0, 0.1) is 6.92 Å². The van der Waals surface area contributed by atoms with Gasteiger partial charge in [0.2, 0.25) is 5.95 Å². The summed E-state index contributed by atoms with van der Waals surface area (Å²) in [4.78, 5) is 16.1. The summed E-state index contributed by atoms with van der Waals surface area (Å²) in [6, 6.07) is 7.36. The number of methoxy groups -OCH3 is 1. The van der Waals surface area contributed by atoms with E-state index < -0.39 is 0 Å². The molecular weight excluding hydrogens is 282 g/mol. The van der Waals surface area contributed by atoms with E-state index in [2.05, 4.69) is 20.7 Å². The highest BCUT2D eigenvalue weighted by molar-refractivity contribution is 5.87. The molecule has 1 heterocycles. The second-order valence-electron chi connectivity index (χ2n) is 5.18. The third-order valence-electron chi connectivity index (χ3n) is 3.13. The summed E-state index contributed by atoms with van der Waals surface area (Å²) in [5, 5.41) is 9.64. The summed E-state index contributed by atoms with van der Waals surface area (Å²) in [5.41, 5.74) is 0.979. The van der Waals surface area contributed by atoms with E-state index in [-0.39, 0.29) is 12.1 Å². The number of hydrogen-bond acceptors (Lipinski definition) is 4. The van der Waals surface area contributed by atoms with Crippen molar-refractivity contribution in [3.63, 3.8) is 0 Å². The largest absolute Gasteiger partial charge is 0.497 e. The first kappa shape index (κ1) is 15.8. The molecule has 0 saturated heterocycles. The SMILES string of the molecule is COc1ccc(CNC(=O)Nc2nc(C)n(C(C)C)n2)cc1. The van der Waals surface area contributed by atoms with Gasteiger partial charge in [0.1, 0.15) is 11.6 Å². The monoisotopic (exact) mass is 303 g/mol. The second kappa shape index (κ2) is 6.93. The van der Waals surface area contributed by atoms with Gasteiger partial charge in [-0.05, 0) is 38.5 Å². The standard InChI is InChI=1S/C15H21N5O2/c1-10(2)20-11(3)17-14(19-20)18-15(21)16-9-12-5-7-13(22-4)8-6-12/h5-8,10H,9H2,1-4H3,(H2,16,18,19,21). The number of amides is 2. The van der Waals surface area contributed by atoms with E-state index in [1.165, 1.54) is 0 Å². The fraction of sp³-hybridized carbons (Fsp3) is 0.400. The van der Waals surface area contributed by atoms with Crippen molar-refractivity contribution >= 4 is 12.0 Å². The second-order valence-corrected chi connectivity index (χ2v) is 5.18. The molecular formula is C15H21N5O2. The fourth-order valence-electron chi connectivity index (χ4n) is 2.01. The number of anilines is 1. The number of hydrogen-bond donors (Lipinski definition) is 2. The van der Waals surface area contributed by atoms with E-state index in [9.17, 15) is 4.79 Å². The van der Waals surface area contributed by atoms with Crippen LogP contribution >= 0.6 is 0 Å².